The van der Waals surface area contributed by atoms with E-state index in [9.17, 15) is 9.90 Å². The van der Waals surface area contributed by atoms with Crippen molar-refractivity contribution in [1.29, 1.82) is 0 Å². The van der Waals surface area contributed by atoms with Gasteiger partial charge in [-0.15, -0.1) is 0 Å². The molecule has 1 N–H and O–H groups in total. The number of piperidine rings is 1. The molecule has 0 radical (unpaired) electrons. The van der Waals surface area contributed by atoms with Crippen LogP contribution in [0.2, 0.25) is 0 Å². The normalized spacial score (nSPS) is 17.0. The highest BCUT2D eigenvalue weighted by Crippen LogP contribution is 2.33. The van der Waals surface area contributed by atoms with Crippen molar-refractivity contribution in [2.75, 3.05) is 25.1 Å². The summed E-state index contributed by atoms with van der Waals surface area (Å²) in [6.07, 6.45) is 1.35. The van der Waals surface area contributed by atoms with E-state index in [-0.39, 0.29) is 17.4 Å². The van der Waals surface area contributed by atoms with Crippen LogP contribution in [0.1, 0.15) is 33.6 Å². The Labute approximate surface area is 186 Å². The molecule has 0 spiro atoms. The molecule has 2 aromatic heterocycles. The Kier molecular flexibility index (Phi) is 5.81. The molecular weight excluding hydrogens is 413 g/mol. The van der Waals surface area contributed by atoms with Crippen molar-refractivity contribution in [3.63, 3.8) is 0 Å². The Balaban J connectivity index is 1.77. The van der Waals surface area contributed by atoms with Gasteiger partial charge in [0, 0.05) is 31.7 Å². The van der Waals surface area contributed by atoms with Crippen LogP contribution < -0.4 is 4.90 Å². The molecule has 0 bridgehead atoms. The fourth-order valence-electron chi connectivity index (χ4n) is 4.02. The number of phenols is 1. The van der Waals surface area contributed by atoms with Crippen LogP contribution in [-0.2, 0) is 9.47 Å². The van der Waals surface area contributed by atoms with E-state index in [4.69, 9.17) is 9.47 Å². The molecule has 32 heavy (non-hydrogen) atoms. The zero-order chi connectivity index (χ0) is 23.0. The molecule has 0 aliphatic carbocycles. The first-order valence-corrected chi connectivity index (χ1v) is 10.7. The van der Waals surface area contributed by atoms with Gasteiger partial charge in [-0.25, -0.2) is 14.3 Å². The van der Waals surface area contributed by atoms with E-state index >= 15 is 4.39 Å². The van der Waals surface area contributed by atoms with Crippen LogP contribution >= 0.6 is 0 Å². The largest absolute Gasteiger partial charge is 0.508 e. The molecule has 1 aliphatic rings. The summed E-state index contributed by atoms with van der Waals surface area (Å²) in [5.41, 5.74) is 0.172. The van der Waals surface area contributed by atoms with E-state index in [1.807, 2.05) is 4.90 Å². The number of benzene rings is 1. The Morgan fingerprint density at radius 3 is 2.69 bits per heavy atom. The SMILES string of the molecule is CO[C@H]1CCCN(c2ccc(-c3cc4ccc(O)cc4n3C(=O)OC(C)(C)C)c(F)n2)C1. The maximum atomic E-state index is 15.3. The van der Waals surface area contributed by atoms with Crippen molar-refractivity contribution >= 4 is 22.8 Å². The lowest BCUT2D eigenvalue weighted by molar-refractivity contribution is 0.0547. The number of methoxy groups -OCH3 is 1. The maximum absolute atomic E-state index is 15.3. The molecular formula is C24H28FN3O4. The summed E-state index contributed by atoms with van der Waals surface area (Å²) in [7, 11) is 1.68. The van der Waals surface area contributed by atoms with Crippen molar-refractivity contribution in [3.8, 4) is 17.0 Å². The lowest BCUT2D eigenvalue weighted by atomic mass is 10.1. The fraction of sp³-hybridized carbons (Fsp3) is 0.417. The molecule has 8 heteroatoms. The third kappa shape index (κ3) is 4.41. The predicted molar refractivity (Wildman–Crippen MR) is 121 cm³/mol. The summed E-state index contributed by atoms with van der Waals surface area (Å²) in [6.45, 7) is 6.71. The fourth-order valence-corrected chi connectivity index (χ4v) is 4.02. The molecule has 1 fully saturated rings. The molecule has 1 atom stereocenters. The average Bonchev–Trinajstić information content (AvgIpc) is 3.10. The van der Waals surface area contributed by atoms with Gasteiger partial charge in [-0.3, -0.25) is 0 Å². The average molecular weight is 442 g/mol. The second kappa shape index (κ2) is 8.43. The number of carbonyl (C=O) groups is 1. The maximum Gasteiger partial charge on any atom is 0.419 e. The molecule has 170 valence electrons. The van der Waals surface area contributed by atoms with Gasteiger partial charge in [0.25, 0.3) is 0 Å². The Morgan fingerprint density at radius 1 is 1.22 bits per heavy atom. The first-order valence-electron chi connectivity index (χ1n) is 10.7. The van der Waals surface area contributed by atoms with Gasteiger partial charge in [0.05, 0.1) is 22.9 Å². The van der Waals surface area contributed by atoms with Gasteiger partial charge in [0.2, 0.25) is 5.95 Å². The van der Waals surface area contributed by atoms with E-state index in [0.717, 1.165) is 19.4 Å². The predicted octanol–water partition coefficient (Wildman–Crippen LogP) is 4.95. The van der Waals surface area contributed by atoms with Crippen LogP contribution in [0.4, 0.5) is 15.0 Å². The van der Waals surface area contributed by atoms with Gasteiger partial charge in [0.1, 0.15) is 17.2 Å². The minimum atomic E-state index is -0.741. The van der Waals surface area contributed by atoms with Crippen LogP contribution in [0.25, 0.3) is 22.2 Å². The first kappa shape index (κ1) is 22.1. The highest BCUT2D eigenvalue weighted by molar-refractivity contribution is 5.96. The van der Waals surface area contributed by atoms with E-state index in [1.54, 1.807) is 52.1 Å². The molecule has 7 nitrogen and oxygen atoms in total. The molecule has 0 unspecified atom stereocenters. The lowest BCUT2D eigenvalue weighted by Gasteiger charge is -2.32. The quantitative estimate of drug-likeness (QED) is 0.580. The minimum absolute atomic E-state index is 0.00120. The summed E-state index contributed by atoms with van der Waals surface area (Å²) in [5, 5.41) is 10.6. The molecule has 0 amide bonds. The number of carbonyl (C=O) groups excluding carboxylic acids is 1. The standard InChI is InChI=1S/C24H28FN3O4/c1-24(2,3)32-23(30)28-19-13-16(29)8-7-15(19)12-20(28)18-9-10-21(26-22(18)25)27-11-5-6-17(14-27)31-4/h7-10,12-13,17,29H,5-6,11,14H2,1-4H3/t17-/m0/s1. The third-order valence-corrected chi connectivity index (χ3v) is 5.51. The number of ether oxygens (including phenoxy) is 2. The monoisotopic (exact) mass is 441 g/mol. The summed E-state index contributed by atoms with van der Waals surface area (Å²) < 4.78 is 27.6. The number of pyridine rings is 1. The number of fused-ring (bicyclic) bond motifs is 1. The molecule has 0 saturated carbocycles. The van der Waals surface area contributed by atoms with Crippen molar-refractivity contribution < 1.29 is 23.8 Å². The van der Waals surface area contributed by atoms with Crippen LogP contribution in [0.5, 0.6) is 5.75 Å². The topological polar surface area (TPSA) is 76.8 Å². The number of nitrogens with zero attached hydrogens (tertiary/aromatic N) is 3. The van der Waals surface area contributed by atoms with Crippen molar-refractivity contribution in [1.82, 2.24) is 9.55 Å². The van der Waals surface area contributed by atoms with E-state index in [0.29, 0.717) is 29.0 Å². The smallest absolute Gasteiger partial charge is 0.419 e. The molecule has 3 aromatic rings. The number of aromatic nitrogens is 2. The van der Waals surface area contributed by atoms with Gasteiger partial charge in [0.15, 0.2) is 0 Å². The number of aromatic hydroxyl groups is 1. The van der Waals surface area contributed by atoms with Crippen LogP contribution in [0, 0.1) is 5.95 Å². The summed E-state index contributed by atoms with van der Waals surface area (Å²) in [6, 6.07) is 9.73. The first-order chi connectivity index (χ1) is 15.2. The van der Waals surface area contributed by atoms with E-state index in [2.05, 4.69) is 4.98 Å². The number of hydrogen-bond donors (Lipinski definition) is 1. The minimum Gasteiger partial charge on any atom is -0.508 e. The molecule has 1 saturated heterocycles. The number of halogens is 1. The summed E-state index contributed by atoms with van der Waals surface area (Å²) in [4.78, 5) is 19.2. The highest BCUT2D eigenvalue weighted by Gasteiger charge is 2.26. The van der Waals surface area contributed by atoms with E-state index < -0.39 is 17.6 Å². The van der Waals surface area contributed by atoms with Gasteiger partial charge in [-0.1, -0.05) is 0 Å². The Morgan fingerprint density at radius 2 is 2.00 bits per heavy atom. The summed E-state index contributed by atoms with van der Waals surface area (Å²) >= 11 is 0. The zero-order valence-corrected chi connectivity index (χ0v) is 18.8. The van der Waals surface area contributed by atoms with E-state index in [1.165, 1.54) is 16.7 Å². The van der Waals surface area contributed by atoms with Crippen LogP contribution in [0.3, 0.4) is 0 Å². The number of hydrogen-bond acceptors (Lipinski definition) is 6. The van der Waals surface area contributed by atoms with Gasteiger partial charge >= 0.3 is 6.09 Å². The second-order valence-corrected chi connectivity index (χ2v) is 9.04. The van der Waals surface area contributed by atoms with Gasteiger partial charge < -0.3 is 19.5 Å². The third-order valence-electron chi connectivity index (χ3n) is 5.51. The zero-order valence-electron chi connectivity index (χ0n) is 18.8. The number of rotatable bonds is 3. The molecule has 3 heterocycles. The van der Waals surface area contributed by atoms with Gasteiger partial charge in [-0.05, 0) is 63.9 Å². The van der Waals surface area contributed by atoms with Crippen LogP contribution in [-0.4, -0.2) is 52.7 Å². The lowest BCUT2D eigenvalue weighted by Crippen LogP contribution is -2.39. The Hall–Kier alpha value is -3.13. The molecule has 1 aliphatic heterocycles. The second-order valence-electron chi connectivity index (χ2n) is 9.04. The molecule has 1 aromatic carbocycles. The number of phenolic OH excluding ortho intramolecular Hbond substituents is 1. The van der Waals surface area contributed by atoms with Crippen molar-refractivity contribution in [2.24, 2.45) is 0 Å². The molecule has 4 rings (SSSR count). The van der Waals surface area contributed by atoms with Crippen LogP contribution in [0.15, 0.2) is 36.4 Å². The Bertz CT molecular complexity index is 1150. The van der Waals surface area contributed by atoms with Crippen molar-refractivity contribution in [2.45, 2.75) is 45.3 Å². The highest BCUT2D eigenvalue weighted by atomic mass is 19.1. The number of anilines is 1. The summed E-state index contributed by atoms with van der Waals surface area (Å²) in [5.74, 6) is -0.150. The van der Waals surface area contributed by atoms with Crippen molar-refractivity contribution in [3.05, 3.63) is 42.3 Å². The van der Waals surface area contributed by atoms with Gasteiger partial charge in [-0.2, -0.15) is 4.39 Å².